The van der Waals surface area contributed by atoms with Gasteiger partial charge in [0.15, 0.2) is 5.76 Å². The van der Waals surface area contributed by atoms with Crippen molar-refractivity contribution in [1.82, 2.24) is 14.5 Å². The molecule has 0 spiro atoms. The largest absolute Gasteiger partial charge is 0.497 e. The molecule has 0 saturated carbocycles. The van der Waals surface area contributed by atoms with Crippen LogP contribution in [0.3, 0.4) is 0 Å². The summed E-state index contributed by atoms with van der Waals surface area (Å²) in [6, 6.07) is 23.2. The van der Waals surface area contributed by atoms with E-state index in [1.165, 1.54) is 10.8 Å². The number of rotatable bonds is 9. The van der Waals surface area contributed by atoms with Crippen molar-refractivity contribution in [3.8, 4) is 17.2 Å². The van der Waals surface area contributed by atoms with E-state index in [1.54, 1.807) is 61.6 Å². The second kappa shape index (κ2) is 11.8. The van der Waals surface area contributed by atoms with E-state index < -0.39 is 6.04 Å². The molecule has 9 heteroatoms. The molecule has 0 bridgehead atoms. The number of nitrogens with zero attached hydrogens (tertiary/aromatic N) is 3. The van der Waals surface area contributed by atoms with Crippen molar-refractivity contribution in [2.45, 2.75) is 19.4 Å². The van der Waals surface area contributed by atoms with E-state index in [1.807, 2.05) is 43.3 Å². The number of amides is 1. The highest BCUT2D eigenvalue weighted by Crippen LogP contribution is 2.37. The van der Waals surface area contributed by atoms with Gasteiger partial charge >= 0.3 is 0 Å². The Morgan fingerprint density at radius 3 is 2.48 bits per heavy atom. The van der Waals surface area contributed by atoms with Crippen molar-refractivity contribution in [3.05, 3.63) is 117 Å². The molecular formula is C31H28BrN3O5. The summed E-state index contributed by atoms with van der Waals surface area (Å²) >= 11 is 3.62. The third-order valence-electron chi connectivity index (χ3n) is 6.81. The normalized spacial score (nSPS) is 11.8. The lowest BCUT2D eigenvalue weighted by Gasteiger charge is -2.30. The van der Waals surface area contributed by atoms with Crippen LogP contribution < -0.4 is 15.0 Å². The van der Waals surface area contributed by atoms with Crippen molar-refractivity contribution in [3.63, 3.8) is 0 Å². The Morgan fingerprint density at radius 2 is 1.77 bits per heavy atom. The SMILES string of the molecule is COc1cc(OC)c(Br)c(-n2c(C(C)N(CCc3ccccc3)C(=O)c3ccco3)nc3ccccc3c2=O)c1. The molecule has 204 valence electrons. The van der Waals surface area contributed by atoms with Gasteiger partial charge in [-0.25, -0.2) is 4.98 Å². The van der Waals surface area contributed by atoms with E-state index in [2.05, 4.69) is 15.9 Å². The van der Waals surface area contributed by atoms with Crippen LogP contribution in [-0.4, -0.2) is 41.1 Å². The number of ether oxygens (including phenoxy) is 2. The van der Waals surface area contributed by atoms with Gasteiger partial charge in [-0.2, -0.15) is 0 Å². The van der Waals surface area contributed by atoms with E-state index >= 15 is 0 Å². The topological polar surface area (TPSA) is 86.8 Å². The highest BCUT2D eigenvalue weighted by molar-refractivity contribution is 9.10. The van der Waals surface area contributed by atoms with E-state index in [-0.39, 0.29) is 17.2 Å². The average Bonchev–Trinajstić information content (AvgIpc) is 3.53. The lowest BCUT2D eigenvalue weighted by molar-refractivity contribution is 0.0651. The van der Waals surface area contributed by atoms with Gasteiger partial charge < -0.3 is 18.8 Å². The lowest BCUT2D eigenvalue weighted by Crippen LogP contribution is -2.38. The minimum atomic E-state index is -0.622. The second-order valence-electron chi connectivity index (χ2n) is 9.18. The molecule has 1 amide bonds. The molecule has 3 aromatic carbocycles. The van der Waals surface area contributed by atoms with Gasteiger partial charge in [0.25, 0.3) is 11.5 Å². The van der Waals surface area contributed by atoms with Gasteiger partial charge in [-0.15, -0.1) is 0 Å². The van der Waals surface area contributed by atoms with Crippen LogP contribution in [0.4, 0.5) is 0 Å². The molecule has 5 rings (SSSR count). The lowest BCUT2D eigenvalue weighted by atomic mass is 10.1. The molecule has 8 nitrogen and oxygen atoms in total. The number of aromatic nitrogens is 2. The number of benzene rings is 3. The zero-order valence-corrected chi connectivity index (χ0v) is 23.9. The Bertz CT molecular complexity index is 1700. The summed E-state index contributed by atoms with van der Waals surface area (Å²) in [6.45, 7) is 2.24. The summed E-state index contributed by atoms with van der Waals surface area (Å²) in [5.41, 5.74) is 1.81. The Hall–Kier alpha value is -4.37. The molecule has 1 atom stereocenters. The van der Waals surface area contributed by atoms with E-state index in [0.717, 1.165) is 5.56 Å². The Kier molecular flexibility index (Phi) is 8.02. The van der Waals surface area contributed by atoms with Crippen LogP contribution in [0, 0.1) is 0 Å². The predicted octanol–water partition coefficient (Wildman–Crippen LogP) is 6.20. The Morgan fingerprint density at radius 1 is 1.02 bits per heavy atom. The van der Waals surface area contributed by atoms with Crippen LogP contribution in [-0.2, 0) is 6.42 Å². The van der Waals surface area contributed by atoms with Crippen LogP contribution >= 0.6 is 15.9 Å². The maximum Gasteiger partial charge on any atom is 0.290 e. The second-order valence-corrected chi connectivity index (χ2v) is 9.97. The van der Waals surface area contributed by atoms with Crippen LogP contribution in [0.15, 0.2) is 98.8 Å². The first kappa shape index (κ1) is 27.2. The number of para-hydroxylation sites is 1. The monoisotopic (exact) mass is 601 g/mol. The van der Waals surface area contributed by atoms with Crippen molar-refractivity contribution in [2.24, 2.45) is 0 Å². The first-order valence-electron chi connectivity index (χ1n) is 12.7. The molecule has 0 N–H and O–H groups in total. The average molecular weight is 602 g/mol. The summed E-state index contributed by atoms with van der Waals surface area (Å²) in [5.74, 6) is 1.28. The van der Waals surface area contributed by atoms with Crippen molar-refractivity contribution < 1.29 is 18.7 Å². The Labute approximate surface area is 239 Å². The zero-order chi connectivity index (χ0) is 28.2. The van der Waals surface area contributed by atoms with Crippen molar-refractivity contribution in [2.75, 3.05) is 20.8 Å². The van der Waals surface area contributed by atoms with Crippen LogP contribution in [0.5, 0.6) is 11.5 Å². The maximum absolute atomic E-state index is 14.1. The van der Waals surface area contributed by atoms with Gasteiger partial charge in [-0.3, -0.25) is 14.2 Å². The van der Waals surface area contributed by atoms with Gasteiger partial charge in [-0.05, 0) is 59.1 Å². The minimum absolute atomic E-state index is 0.207. The first-order valence-corrected chi connectivity index (χ1v) is 13.5. The fourth-order valence-electron chi connectivity index (χ4n) is 4.70. The molecule has 0 aliphatic heterocycles. The summed E-state index contributed by atoms with van der Waals surface area (Å²) in [6.07, 6.45) is 2.07. The van der Waals surface area contributed by atoms with Crippen LogP contribution in [0.2, 0.25) is 0 Å². The highest BCUT2D eigenvalue weighted by Gasteiger charge is 2.30. The Balaban J connectivity index is 1.71. The van der Waals surface area contributed by atoms with E-state index in [0.29, 0.717) is 51.4 Å². The van der Waals surface area contributed by atoms with Gasteiger partial charge in [0.05, 0.1) is 47.6 Å². The summed E-state index contributed by atoms with van der Waals surface area (Å²) < 4.78 is 18.6. The number of carbonyl (C=O) groups excluding carboxylic acids is 1. The molecule has 40 heavy (non-hydrogen) atoms. The third-order valence-corrected chi connectivity index (χ3v) is 7.61. The number of furan rings is 1. The van der Waals surface area contributed by atoms with Gasteiger partial charge in [0, 0.05) is 18.7 Å². The highest BCUT2D eigenvalue weighted by atomic mass is 79.9. The number of methoxy groups -OCH3 is 2. The molecule has 5 aromatic rings. The zero-order valence-electron chi connectivity index (χ0n) is 22.3. The maximum atomic E-state index is 14.1. The molecule has 0 aliphatic rings. The summed E-state index contributed by atoms with van der Waals surface area (Å²) in [4.78, 5) is 34.5. The summed E-state index contributed by atoms with van der Waals surface area (Å²) in [5, 5.41) is 0.445. The van der Waals surface area contributed by atoms with Gasteiger partial charge in [0.2, 0.25) is 0 Å². The molecule has 0 fully saturated rings. The molecular weight excluding hydrogens is 574 g/mol. The number of hydrogen-bond acceptors (Lipinski definition) is 6. The number of fused-ring (bicyclic) bond motifs is 1. The van der Waals surface area contributed by atoms with E-state index in [9.17, 15) is 9.59 Å². The third kappa shape index (κ3) is 5.24. The molecule has 0 saturated heterocycles. The van der Waals surface area contributed by atoms with Crippen LogP contribution in [0.1, 0.15) is 34.9 Å². The number of halogens is 1. The van der Waals surface area contributed by atoms with Crippen molar-refractivity contribution >= 4 is 32.7 Å². The molecule has 0 radical (unpaired) electrons. The summed E-state index contributed by atoms with van der Waals surface area (Å²) in [7, 11) is 3.09. The fraction of sp³-hybridized carbons (Fsp3) is 0.194. The number of hydrogen-bond donors (Lipinski definition) is 0. The first-order chi connectivity index (χ1) is 19.4. The molecule has 1 unspecified atom stereocenters. The molecule has 0 aliphatic carbocycles. The smallest absolute Gasteiger partial charge is 0.290 e. The quantitative estimate of drug-likeness (QED) is 0.200. The van der Waals surface area contributed by atoms with Crippen molar-refractivity contribution in [1.29, 1.82) is 0 Å². The predicted molar refractivity (Wildman–Crippen MR) is 156 cm³/mol. The van der Waals surface area contributed by atoms with Gasteiger partial charge in [-0.1, -0.05) is 42.5 Å². The number of carbonyl (C=O) groups is 1. The molecule has 2 heterocycles. The minimum Gasteiger partial charge on any atom is -0.497 e. The standard InChI is InChI=1S/C31H28BrN3O5/c1-20(34(31(37)26-14-9-17-40-26)16-15-21-10-5-4-6-11-21)29-33-24-13-8-7-12-23(24)30(36)35(29)25-18-22(38-2)19-27(39-3)28(25)32/h4-14,17-20H,15-16H2,1-3H3. The fourth-order valence-corrected chi connectivity index (χ4v) is 5.27. The van der Waals surface area contributed by atoms with E-state index in [4.69, 9.17) is 18.9 Å². The molecule has 2 aromatic heterocycles. The van der Waals surface area contributed by atoms with Crippen LogP contribution in [0.25, 0.3) is 16.6 Å². The van der Waals surface area contributed by atoms with Gasteiger partial charge in [0.1, 0.15) is 17.3 Å².